The van der Waals surface area contributed by atoms with Crippen LogP contribution in [-0.4, -0.2) is 29.2 Å². The maximum atomic E-state index is 13.1. The largest absolute Gasteiger partial charge is 0.347 e. The van der Waals surface area contributed by atoms with Gasteiger partial charge in [0.25, 0.3) is 0 Å². The van der Waals surface area contributed by atoms with E-state index in [4.69, 9.17) is 0 Å². The average molecular weight is 358 g/mol. The van der Waals surface area contributed by atoms with Gasteiger partial charge in [0.15, 0.2) is 0 Å². The van der Waals surface area contributed by atoms with Gasteiger partial charge in [-0.1, -0.05) is 38.1 Å². The van der Waals surface area contributed by atoms with Gasteiger partial charge in [-0.2, -0.15) is 0 Å². The lowest BCUT2D eigenvalue weighted by molar-refractivity contribution is -0.143. The minimum absolute atomic E-state index is 0.0705. The van der Waals surface area contributed by atoms with Crippen molar-refractivity contribution >= 4 is 17.7 Å². The standard InChI is InChI=1S/C20H23FN2O3/c1-12(2)18(13-7-9-14(21)10-8-13)22-17(24)11-23-19(25)15-5-3-4-6-16(15)20(23)26/h3-4,7-10,12,15-16,18H,5-6,11H2,1-2H3,(H,22,24)/t15-,16-,18-/m0/s1. The van der Waals surface area contributed by atoms with Gasteiger partial charge in [0, 0.05) is 0 Å². The van der Waals surface area contributed by atoms with Crippen LogP contribution in [0.4, 0.5) is 4.39 Å². The van der Waals surface area contributed by atoms with Gasteiger partial charge in [-0.3, -0.25) is 19.3 Å². The molecule has 0 radical (unpaired) electrons. The van der Waals surface area contributed by atoms with Crippen molar-refractivity contribution in [2.75, 3.05) is 6.54 Å². The first kappa shape index (κ1) is 18.3. The van der Waals surface area contributed by atoms with E-state index < -0.39 is 0 Å². The molecule has 0 spiro atoms. The molecule has 3 amide bonds. The van der Waals surface area contributed by atoms with Gasteiger partial charge in [0.2, 0.25) is 17.7 Å². The minimum Gasteiger partial charge on any atom is -0.347 e. The number of amides is 3. The van der Waals surface area contributed by atoms with Gasteiger partial charge < -0.3 is 5.32 Å². The smallest absolute Gasteiger partial charge is 0.240 e. The van der Waals surface area contributed by atoms with Gasteiger partial charge in [-0.05, 0) is 36.5 Å². The number of nitrogens with one attached hydrogen (secondary N) is 1. The van der Waals surface area contributed by atoms with Crippen molar-refractivity contribution in [2.24, 2.45) is 17.8 Å². The van der Waals surface area contributed by atoms with Crippen LogP contribution in [0.3, 0.4) is 0 Å². The lowest BCUT2D eigenvalue weighted by Gasteiger charge is -2.24. The first-order chi connectivity index (χ1) is 12.4. The summed E-state index contributed by atoms with van der Waals surface area (Å²) in [7, 11) is 0. The van der Waals surface area contributed by atoms with E-state index in [-0.39, 0.29) is 53.9 Å². The summed E-state index contributed by atoms with van der Waals surface area (Å²) in [5.41, 5.74) is 0.784. The second kappa shape index (κ2) is 7.40. The molecule has 1 aliphatic heterocycles. The number of carbonyl (C=O) groups is 3. The molecule has 0 aromatic heterocycles. The maximum absolute atomic E-state index is 13.1. The number of nitrogens with zero attached hydrogens (tertiary/aromatic N) is 1. The topological polar surface area (TPSA) is 66.5 Å². The van der Waals surface area contributed by atoms with E-state index in [1.807, 2.05) is 26.0 Å². The summed E-state index contributed by atoms with van der Waals surface area (Å²) in [6, 6.07) is 5.64. The number of halogens is 1. The van der Waals surface area contributed by atoms with E-state index >= 15 is 0 Å². The molecule has 1 aromatic rings. The highest BCUT2D eigenvalue weighted by Gasteiger charge is 2.47. The Morgan fingerprint density at radius 1 is 1.12 bits per heavy atom. The van der Waals surface area contributed by atoms with E-state index in [1.165, 1.54) is 12.1 Å². The molecule has 1 heterocycles. The summed E-state index contributed by atoms with van der Waals surface area (Å²) in [5.74, 6) is -1.85. The molecule has 5 nitrogen and oxygen atoms in total. The van der Waals surface area contributed by atoms with Crippen LogP contribution < -0.4 is 5.32 Å². The molecule has 0 unspecified atom stereocenters. The van der Waals surface area contributed by atoms with Crippen molar-refractivity contribution in [1.82, 2.24) is 10.2 Å². The zero-order chi connectivity index (χ0) is 18.8. The predicted molar refractivity (Wildman–Crippen MR) is 94.2 cm³/mol. The third-order valence-electron chi connectivity index (χ3n) is 5.11. The van der Waals surface area contributed by atoms with E-state index in [0.29, 0.717) is 12.8 Å². The number of hydrogen-bond donors (Lipinski definition) is 1. The number of rotatable bonds is 5. The summed E-state index contributed by atoms with van der Waals surface area (Å²) in [4.78, 5) is 38.5. The second-order valence-electron chi connectivity index (χ2n) is 7.26. The van der Waals surface area contributed by atoms with Crippen LogP contribution in [0, 0.1) is 23.6 Å². The summed E-state index contributed by atoms with van der Waals surface area (Å²) < 4.78 is 13.1. The van der Waals surface area contributed by atoms with Crippen molar-refractivity contribution < 1.29 is 18.8 Å². The number of carbonyl (C=O) groups excluding carboxylic acids is 3. The molecule has 1 saturated heterocycles. The molecule has 2 aliphatic rings. The molecule has 26 heavy (non-hydrogen) atoms. The van der Waals surface area contributed by atoms with Gasteiger partial charge in [0.1, 0.15) is 12.4 Å². The van der Waals surface area contributed by atoms with Crippen LogP contribution >= 0.6 is 0 Å². The maximum Gasteiger partial charge on any atom is 0.240 e. The number of allylic oxidation sites excluding steroid dienone is 2. The molecule has 0 bridgehead atoms. The van der Waals surface area contributed by atoms with Crippen LogP contribution in [0.15, 0.2) is 36.4 Å². The first-order valence-electron chi connectivity index (χ1n) is 8.93. The fourth-order valence-electron chi connectivity index (χ4n) is 3.69. The quantitative estimate of drug-likeness (QED) is 0.650. The Bertz CT molecular complexity index is 716. The van der Waals surface area contributed by atoms with E-state index in [0.717, 1.165) is 10.5 Å². The molecular weight excluding hydrogens is 335 g/mol. The van der Waals surface area contributed by atoms with Crippen molar-refractivity contribution in [3.05, 3.63) is 47.8 Å². The van der Waals surface area contributed by atoms with Gasteiger partial charge in [0.05, 0.1) is 17.9 Å². The molecule has 1 aliphatic carbocycles. The Morgan fingerprint density at radius 3 is 2.15 bits per heavy atom. The lowest BCUT2D eigenvalue weighted by atomic mass is 9.85. The Hall–Kier alpha value is -2.50. The summed E-state index contributed by atoms with van der Waals surface area (Å²) in [6.45, 7) is 3.62. The lowest BCUT2D eigenvalue weighted by Crippen LogP contribution is -2.43. The molecule has 1 N–H and O–H groups in total. The molecule has 3 rings (SSSR count). The Labute approximate surface area is 152 Å². The van der Waals surface area contributed by atoms with E-state index in [1.54, 1.807) is 12.1 Å². The number of fused-ring (bicyclic) bond motifs is 1. The molecule has 138 valence electrons. The third-order valence-corrected chi connectivity index (χ3v) is 5.11. The molecule has 1 fully saturated rings. The van der Waals surface area contributed by atoms with Gasteiger partial charge in [-0.15, -0.1) is 0 Å². The molecule has 3 atom stereocenters. The summed E-state index contributed by atoms with van der Waals surface area (Å²) in [5, 5.41) is 2.88. The summed E-state index contributed by atoms with van der Waals surface area (Å²) >= 11 is 0. The predicted octanol–water partition coefficient (Wildman–Crippen LogP) is 2.59. The number of likely N-dealkylation sites (tertiary alicyclic amines) is 1. The van der Waals surface area contributed by atoms with Crippen LogP contribution in [-0.2, 0) is 14.4 Å². The molecule has 6 heteroatoms. The zero-order valence-corrected chi connectivity index (χ0v) is 14.9. The summed E-state index contributed by atoms with van der Waals surface area (Å²) in [6.07, 6.45) is 4.94. The van der Waals surface area contributed by atoms with E-state index in [9.17, 15) is 18.8 Å². The SMILES string of the molecule is CC(C)[C@H](NC(=O)CN1C(=O)[C@H]2CC=CC[C@@H]2C1=O)c1ccc(F)cc1. The van der Waals surface area contributed by atoms with Crippen LogP contribution in [0.5, 0.6) is 0 Å². The fraction of sp³-hybridized carbons (Fsp3) is 0.450. The van der Waals surface area contributed by atoms with Crippen LogP contribution in [0.2, 0.25) is 0 Å². The Balaban J connectivity index is 1.68. The van der Waals surface area contributed by atoms with Crippen molar-refractivity contribution in [1.29, 1.82) is 0 Å². The highest BCUT2D eigenvalue weighted by Crippen LogP contribution is 2.34. The molecule has 0 saturated carbocycles. The van der Waals surface area contributed by atoms with E-state index in [2.05, 4.69) is 5.32 Å². The van der Waals surface area contributed by atoms with Crippen molar-refractivity contribution in [2.45, 2.75) is 32.7 Å². The third kappa shape index (κ3) is 3.54. The number of benzene rings is 1. The zero-order valence-electron chi connectivity index (χ0n) is 14.9. The number of imide groups is 1. The van der Waals surface area contributed by atoms with Gasteiger partial charge in [-0.25, -0.2) is 4.39 Å². The Kier molecular flexibility index (Phi) is 5.20. The Morgan fingerprint density at radius 2 is 1.65 bits per heavy atom. The monoisotopic (exact) mass is 358 g/mol. The normalized spacial score (nSPS) is 23.3. The highest BCUT2D eigenvalue weighted by molar-refractivity contribution is 6.07. The number of hydrogen-bond acceptors (Lipinski definition) is 3. The second-order valence-corrected chi connectivity index (χ2v) is 7.26. The fourth-order valence-corrected chi connectivity index (χ4v) is 3.69. The van der Waals surface area contributed by atoms with Crippen molar-refractivity contribution in [3.8, 4) is 0 Å². The van der Waals surface area contributed by atoms with Crippen LogP contribution in [0.1, 0.15) is 38.3 Å². The average Bonchev–Trinajstić information content (AvgIpc) is 2.86. The first-order valence-corrected chi connectivity index (χ1v) is 8.93. The van der Waals surface area contributed by atoms with Gasteiger partial charge >= 0.3 is 0 Å². The van der Waals surface area contributed by atoms with Crippen molar-refractivity contribution in [3.63, 3.8) is 0 Å². The minimum atomic E-state index is -0.388. The highest BCUT2D eigenvalue weighted by atomic mass is 19.1. The van der Waals surface area contributed by atoms with Crippen LogP contribution in [0.25, 0.3) is 0 Å². The molecule has 1 aromatic carbocycles. The molecular formula is C20H23FN2O3.